The molecule has 0 saturated carbocycles. The molecule has 252 valence electrons. The van der Waals surface area contributed by atoms with Crippen molar-refractivity contribution < 1.29 is 37.4 Å². The molecule has 0 aliphatic rings. The standard InChI is InChI=1S/C33H41N5O8S/c1-23(2)17-19-37(31(40)22-38(20-18-32(41)42)47(44,45)28-15-13-27(46-4)14-16-28)21-30(39)34-25-9-11-26(12-10-25)35-33(43)36-29-8-6-5-7-24(29)3/h5-16,23H,17-22H2,1-4H3,(H,34,39)(H,41,42)(H2,35,36,43). The zero-order chi connectivity index (χ0) is 34.6. The van der Waals surface area contributed by atoms with Crippen molar-refractivity contribution in [2.45, 2.75) is 38.5 Å². The third-order valence-electron chi connectivity index (χ3n) is 7.07. The zero-order valence-electron chi connectivity index (χ0n) is 26.9. The minimum atomic E-state index is -4.26. The fourth-order valence-electron chi connectivity index (χ4n) is 4.37. The number of urea groups is 1. The number of nitrogens with one attached hydrogen (secondary N) is 3. The molecule has 0 aliphatic heterocycles. The summed E-state index contributed by atoms with van der Waals surface area (Å²) in [6, 6.07) is 18.9. The van der Waals surface area contributed by atoms with Gasteiger partial charge in [-0.3, -0.25) is 14.4 Å². The van der Waals surface area contributed by atoms with Crippen LogP contribution >= 0.6 is 0 Å². The first kappa shape index (κ1) is 36.5. The van der Waals surface area contributed by atoms with E-state index in [0.29, 0.717) is 29.2 Å². The van der Waals surface area contributed by atoms with Gasteiger partial charge in [0.2, 0.25) is 21.8 Å². The molecule has 0 saturated heterocycles. The van der Waals surface area contributed by atoms with Crippen LogP contribution in [0.15, 0.2) is 77.7 Å². The number of aryl methyl sites for hydroxylation is 1. The van der Waals surface area contributed by atoms with E-state index in [1.54, 1.807) is 30.3 Å². The van der Waals surface area contributed by atoms with Crippen LogP contribution in [0.3, 0.4) is 0 Å². The number of methoxy groups -OCH3 is 1. The number of benzene rings is 3. The van der Waals surface area contributed by atoms with Crippen molar-refractivity contribution in [2.24, 2.45) is 5.92 Å². The van der Waals surface area contributed by atoms with Crippen molar-refractivity contribution in [1.82, 2.24) is 9.21 Å². The van der Waals surface area contributed by atoms with Gasteiger partial charge in [-0.15, -0.1) is 0 Å². The van der Waals surface area contributed by atoms with Gasteiger partial charge in [0, 0.05) is 30.2 Å². The minimum Gasteiger partial charge on any atom is -0.497 e. The summed E-state index contributed by atoms with van der Waals surface area (Å²) in [7, 11) is -2.82. The lowest BCUT2D eigenvalue weighted by Crippen LogP contribution is -2.46. The number of carbonyl (C=O) groups is 4. The summed E-state index contributed by atoms with van der Waals surface area (Å²) in [4.78, 5) is 51.4. The highest BCUT2D eigenvalue weighted by Gasteiger charge is 2.30. The molecule has 0 bridgehead atoms. The zero-order valence-corrected chi connectivity index (χ0v) is 27.7. The van der Waals surface area contributed by atoms with Crippen molar-refractivity contribution in [3.05, 3.63) is 78.4 Å². The predicted molar refractivity (Wildman–Crippen MR) is 179 cm³/mol. The van der Waals surface area contributed by atoms with E-state index < -0.39 is 53.3 Å². The maximum Gasteiger partial charge on any atom is 0.323 e. The number of hydrogen-bond donors (Lipinski definition) is 4. The van der Waals surface area contributed by atoms with Gasteiger partial charge in [0.1, 0.15) is 5.75 Å². The number of nitrogens with zero attached hydrogens (tertiary/aromatic N) is 2. The quantitative estimate of drug-likeness (QED) is 0.171. The lowest BCUT2D eigenvalue weighted by atomic mass is 10.1. The lowest BCUT2D eigenvalue weighted by molar-refractivity contribution is -0.138. The molecule has 0 fully saturated rings. The summed E-state index contributed by atoms with van der Waals surface area (Å²) in [5, 5.41) is 17.5. The van der Waals surface area contributed by atoms with Crippen LogP contribution in [0.5, 0.6) is 5.75 Å². The number of carbonyl (C=O) groups excluding carboxylic acids is 3. The Labute approximate surface area is 275 Å². The first-order valence-electron chi connectivity index (χ1n) is 15.0. The SMILES string of the molecule is COc1ccc(S(=O)(=O)N(CCC(=O)O)CC(=O)N(CCC(C)C)CC(=O)Nc2ccc(NC(=O)Nc3ccccc3C)cc2)cc1. The Bertz CT molecular complexity index is 1640. The van der Waals surface area contributed by atoms with Crippen molar-refractivity contribution in [3.63, 3.8) is 0 Å². The van der Waals surface area contributed by atoms with E-state index in [1.807, 2.05) is 39.0 Å². The molecule has 0 aromatic heterocycles. The summed E-state index contributed by atoms with van der Waals surface area (Å²) in [6.07, 6.45) is 0.0257. The molecule has 3 aromatic rings. The Morgan fingerprint density at radius 2 is 1.45 bits per heavy atom. The molecular weight excluding hydrogens is 626 g/mol. The van der Waals surface area contributed by atoms with E-state index in [4.69, 9.17) is 4.74 Å². The van der Waals surface area contributed by atoms with Gasteiger partial charge in [0.05, 0.1) is 31.5 Å². The third kappa shape index (κ3) is 11.4. The Morgan fingerprint density at radius 1 is 0.830 bits per heavy atom. The number of carboxylic acid groups (broad SMARTS) is 1. The highest BCUT2D eigenvalue weighted by Crippen LogP contribution is 2.21. The number of sulfonamides is 1. The van der Waals surface area contributed by atoms with Crippen molar-refractivity contribution in [1.29, 1.82) is 0 Å². The molecule has 3 rings (SSSR count). The highest BCUT2D eigenvalue weighted by atomic mass is 32.2. The maximum atomic E-state index is 13.5. The van der Waals surface area contributed by atoms with Gasteiger partial charge in [0.25, 0.3) is 0 Å². The summed E-state index contributed by atoms with van der Waals surface area (Å²) in [6.45, 7) is 4.50. The Hall–Kier alpha value is -4.95. The smallest absolute Gasteiger partial charge is 0.323 e. The summed E-state index contributed by atoms with van der Waals surface area (Å²) in [5.41, 5.74) is 2.49. The summed E-state index contributed by atoms with van der Waals surface area (Å²) < 4.78 is 32.8. The van der Waals surface area contributed by atoms with Crippen LogP contribution in [0.2, 0.25) is 0 Å². The molecule has 3 aromatic carbocycles. The van der Waals surface area contributed by atoms with Crippen LogP contribution in [-0.2, 0) is 24.4 Å². The van der Waals surface area contributed by atoms with E-state index in [2.05, 4.69) is 16.0 Å². The Morgan fingerprint density at radius 3 is 2.02 bits per heavy atom. The molecule has 0 atom stereocenters. The van der Waals surface area contributed by atoms with E-state index in [9.17, 15) is 32.7 Å². The van der Waals surface area contributed by atoms with Gasteiger partial charge in [-0.25, -0.2) is 13.2 Å². The maximum absolute atomic E-state index is 13.5. The predicted octanol–water partition coefficient (Wildman–Crippen LogP) is 4.63. The molecule has 47 heavy (non-hydrogen) atoms. The minimum absolute atomic E-state index is 0.131. The molecule has 14 heteroatoms. The third-order valence-corrected chi connectivity index (χ3v) is 8.93. The second-order valence-electron chi connectivity index (χ2n) is 11.2. The average Bonchev–Trinajstić information content (AvgIpc) is 3.03. The Balaban J connectivity index is 1.68. The number of aliphatic carboxylic acids is 1. The number of rotatable bonds is 16. The number of anilines is 3. The molecule has 0 spiro atoms. The van der Waals surface area contributed by atoms with Crippen molar-refractivity contribution >= 4 is 50.9 Å². The van der Waals surface area contributed by atoms with Crippen LogP contribution in [0, 0.1) is 12.8 Å². The monoisotopic (exact) mass is 667 g/mol. The fraction of sp³-hybridized carbons (Fsp3) is 0.333. The number of carboxylic acids is 1. The van der Waals surface area contributed by atoms with Gasteiger partial charge in [-0.1, -0.05) is 32.0 Å². The van der Waals surface area contributed by atoms with Crippen LogP contribution in [0.1, 0.15) is 32.3 Å². The molecule has 0 heterocycles. The molecule has 4 amide bonds. The average molecular weight is 668 g/mol. The first-order chi connectivity index (χ1) is 22.3. The number of amides is 4. The van der Waals surface area contributed by atoms with Gasteiger partial charge >= 0.3 is 12.0 Å². The molecular formula is C33H41N5O8S. The molecule has 13 nitrogen and oxygen atoms in total. The van der Waals surface area contributed by atoms with E-state index in [-0.39, 0.29) is 23.9 Å². The van der Waals surface area contributed by atoms with E-state index in [1.165, 1.54) is 36.3 Å². The van der Waals surface area contributed by atoms with E-state index >= 15 is 0 Å². The topological polar surface area (TPSA) is 174 Å². The number of hydrogen-bond acceptors (Lipinski definition) is 7. The molecule has 0 aliphatic carbocycles. The van der Waals surface area contributed by atoms with Crippen LogP contribution < -0.4 is 20.7 Å². The van der Waals surface area contributed by atoms with Crippen molar-refractivity contribution in [2.75, 3.05) is 49.2 Å². The second-order valence-corrected chi connectivity index (χ2v) is 13.1. The van der Waals surface area contributed by atoms with Gasteiger partial charge < -0.3 is 30.7 Å². The van der Waals surface area contributed by atoms with Crippen LogP contribution in [-0.4, -0.2) is 79.8 Å². The summed E-state index contributed by atoms with van der Waals surface area (Å²) >= 11 is 0. The lowest BCUT2D eigenvalue weighted by Gasteiger charge is -2.27. The van der Waals surface area contributed by atoms with Crippen LogP contribution in [0.4, 0.5) is 21.9 Å². The largest absolute Gasteiger partial charge is 0.497 e. The molecule has 0 radical (unpaired) electrons. The fourth-order valence-corrected chi connectivity index (χ4v) is 5.76. The first-order valence-corrected chi connectivity index (χ1v) is 16.4. The molecule has 4 N–H and O–H groups in total. The number of ether oxygens (including phenoxy) is 1. The highest BCUT2D eigenvalue weighted by molar-refractivity contribution is 7.89. The Kier molecular flexibility index (Phi) is 13.3. The number of para-hydroxylation sites is 1. The normalized spacial score (nSPS) is 11.2. The van der Waals surface area contributed by atoms with E-state index in [0.717, 1.165) is 9.87 Å². The van der Waals surface area contributed by atoms with Gasteiger partial charge in [-0.2, -0.15) is 4.31 Å². The summed E-state index contributed by atoms with van der Waals surface area (Å²) in [5.74, 6) is -1.78. The van der Waals surface area contributed by atoms with Gasteiger partial charge in [-0.05, 0) is 79.4 Å². The van der Waals surface area contributed by atoms with Crippen molar-refractivity contribution in [3.8, 4) is 5.75 Å². The van der Waals surface area contributed by atoms with Crippen LogP contribution in [0.25, 0.3) is 0 Å². The van der Waals surface area contributed by atoms with Gasteiger partial charge in [0.15, 0.2) is 0 Å². The molecule has 0 unspecified atom stereocenters. The second kappa shape index (κ2) is 17.1.